The van der Waals surface area contributed by atoms with Crippen LogP contribution in [0.3, 0.4) is 0 Å². The van der Waals surface area contributed by atoms with Gasteiger partial charge in [-0.25, -0.2) is 0 Å². The Morgan fingerprint density at radius 2 is 2.33 bits per heavy atom. The summed E-state index contributed by atoms with van der Waals surface area (Å²) < 4.78 is 6.59. The van der Waals surface area contributed by atoms with E-state index in [-0.39, 0.29) is 12.5 Å². The summed E-state index contributed by atoms with van der Waals surface area (Å²) in [4.78, 5) is 22.4. The van der Waals surface area contributed by atoms with Crippen molar-refractivity contribution in [1.82, 2.24) is 15.1 Å². The number of aromatic nitrogens is 2. The highest BCUT2D eigenvalue weighted by atomic mass is 127. The van der Waals surface area contributed by atoms with E-state index in [1.165, 1.54) is 11.8 Å². The molecule has 15 heavy (non-hydrogen) atoms. The highest BCUT2D eigenvalue weighted by Crippen LogP contribution is 2.09. The van der Waals surface area contributed by atoms with Crippen molar-refractivity contribution in [2.24, 2.45) is 7.05 Å². The maximum Gasteiger partial charge on any atom is 0.325 e. The number of methoxy groups -OCH3 is 1. The minimum atomic E-state index is -0.486. The Kier molecular flexibility index (Phi) is 4.06. The molecule has 0 radical (unpaired) electrons. The number of hydrogen-bond acceptors (Lipinski definition) is 4. The predicted molar refractivity (Wildman–Crippen MR) is 60.3 cm³/mol. The number of carbonyl (C=O) groups is 2. The van der Waals surface area contributed by atoms with Gasteiger partial charge in [-0.15, -0.1) is 0 Å². The van der Waals surface area contributed by atoms with Gasteiger partial charge in [0.2, 0.25) is 0 Å². The van der Waals surface area contributed by atoms with E-state index < -0.39 is 5.97 Å². The van der Waals surface area contributed by atoms with Gasteiger partial charge in [0.1, 0.15) is 12.2 Å². The van der Waals surface area contributed by atoms with Crippen molar-refractivity contribution in [3.63, 3.8) is 0 Å². The average Bonchev–Trinajstić information content (AvgIpc) is 2.54. The predicted octanol–water partition coefficient (Wildman–Crippen LogP) is -0.0725. The first-order chi connectivity index (χ1) is 7.06. The molecule has 0 aliphatic heterocycles. The summed E-state index contributed by atoms with van der Waals surface area (Å²) in [5, 5.41) is 6.35. The third-order valence-corrected chi connectivity index (χ3v) is 2.52. The highest BCUT2D eigenvalue weighted by molar-refractivity contribution is 14.1. The van der Waals surface area contributed by atoms with Gasteiger partial charge in [0.15, 0.2) is 0 Å². The van der Waals surface area contributed by atoms with Crippen molar-refractivity contribution < 1.29 is 14.3 Å². The summed E-state index contributed by atoms with van der Waals surface area (Å²) >= 11 is 2.00. The minimum Gasteiger partial charge on any atom is -0.468 e. The Bertz CT molecular complexity index is 369. The molecule has 7 heteroatoms. The van der Waals surface area contributed by atoms with Gasteiger partial charge in [-0.05, 0) is 22.6 Å². The molecule has 0 aliphatic carbocycles. The molecule has 0 saturated carbocycles. The number of halogens is 1. The van der Waals surface area contributed by atoms with E-state index >= 15 is 0 Å². The molecule has 1 N–H and O–H groups in total. The number of carbonyl (C=O) groups excluding carboxylic acids is 2. The molecule has 1 rings (SSSR count). The van der Waals surface area contributed by atoms with E-state index in [1.807, 2.05) is 22.6 Å². The lowest BCUT2D eigenvalue weighted by Crippen LogP contribution is -2.31. The van der Waals surface area contributed by atoms with Crippen molar-refractivity contribution in [3.8, 4) is 0 Å². The van der Waals surface area contributed by atoms with Crippen LogP contribution in [0.2, 0.25) is 0 Å². The first-order valence-corrected chi connectivity index (χ1v) is 5.16. The van der Waals surface area contributed by atoms with E-state index in [9.17, 15) is 9.59 Å². The molecule has 0 aliphatic rings. The normalized spacial score (nSPS) is 9.80. The molecule has 1 heterocycles. The topological polar surface area (TPSA) is 73.2 Å². The number of ether oxygens (including phenoxy) is 1. The summed E-state index contributed by atoms with van der Waals surface area (Å²) in [5.41, 5.74) is 0.430. The Hall–Kier alpha value is -1.12. The molecule has 0 saturated heterocycles. The summed E-state index contributed by atoms with van der Waals surface area (Å²) in [5.74, 6) is -0.828. The van der Waals surface area contributed by atoms with Gasteiger partial charge < -0.3 is 10.1 Å². The van der Waals surface area contributed by atoms with E-state index in [2.05, 4.69) is 15.2 Å². The van der Waals surface area contributed by atoms with Gasteiger partial charge in [-0.1, -0.05) is 0 Å². The summed E-state index contributed by atoms with van der Waals surface area (Å²) in [6, 6.07) is 0. The molecule has 0 atom stereocenters. The van der Waals surface area contributed by atoms with Crippen molar-refractivity contribution in [1.29, 1.82) is 0 Å². The van der Waals surface area contributed by atoms with Gasteiger partial charge >= 0.3 is 5.97 Å². The van der Waals surface area contributed by atoms with Gasteiger partial charge in [0, 0.05) is 7.05 Å². The lowest BCUT2D eigenvalue weighted by atomic mass is 10.4. The van der Waals surface area contributed by atoms with Gasteiger partial charge in [-0.3, -0.25) is 14.3 Å². The van der Waals surface area contributed by atoms with Crippen LogP contribution in [-0.4, -0.2) is 35.3 Å². The van der Waals surface area contributed by atoms with E-state index in [1.54, 1.807) is 13.2 Å². The second kappa shape index (κ2) is 5.10. The number of hydrogen-bond donors (Lipinski definition) is 1. The number of amides is 1. The van der Waals surface area contributed by atoms with Crippen LogP contribution in [0.25, 0.3) is 0 Å². The Morgan fingerprint density at radius 1 is 1.67 bits per heavy atom. The van der Waals surface area contributed by atoms with Gasteiger partial charge in [0.05, 0.1) is 16.9 Å². The molecule has 6 nitrogen and oxygen atoms in total. The molecule has 1 aromatic heterocycles. The number of nitrogens with zero attached hydrogens (tertiary/aromatic N) is 2. The summed E-state index contributed by atoms with van der Waals surface area (Å²) in [7, 11) is 2.93. The van der Waals surface area contributed by atoms with Crippen LogP contribution in [0.1, 0.15) is 10.5 Å². The lowest BCUT2D eigenvalue weighted by Gasteiger charge is -2.04. The fourth-order valence-corrected chi connectivity index (χ4v) is 1.69. The summed E-state index contributed by atoms with van der Waals surface area (Å²) in [6.45, 7) is -0.142. The molecule has 0 bridgehead atoms. The van der Waals surface area contributed by atoms with Crippen LogP contribution in [-0.2, 0) is 16.6 Å². The molecule has 0 unspecified atom stereocenters. The lowest BCUT2D eigenvalue weighted by molar-refractivity contribution is -0.139. The quantitative estimate of drug-likeness (QED) is 0.624. The fourth-order valence-electron chi connectivity index (χ4n) is 0.974. The zero-order valence-corrected chi connectivity index (χ0v) is 10.4. The second-order valence-corrected chi connectivity index (χ2v) is 3.89. The number of nitrogens with one attached hydrogen (secondary N) is 1. The molecule has 0 spiro atoms. The van der Waals surface area contributed by atoms with Crippen molar-refractivity contribution in [2.45, 2.75) is 0 Å². The zero-order chi connectivity index (χ0) is 11.4. The Labute approximate surface area is 100 Å². The fraction of sp³-hybridized carbons (Fsp3) is 0.375. The number of rotatable bonds is 3. The van der Waals surface area contributed by atoms with E-state index in [4.69, 9.17) is 0 Å². The van der Waals surface area contributed by atoms with Crippen molar-refractivity contribution >= 4 is 34.5 Å². The van der Waals surface area contributed by atoms with Crippen LogP contribution in [0, 0.1) is 3.57 Å². The monoisotopic (exact) mass is 323 g/mol. The molecule has 1 aromatic rings. The first kappa shape index (κ1) is 12.0. The van der Waals surface area contributed by atoms with Crippen LogP contribution >= 0.6 is 22.6 Å². The van der Waals surface area contributed by atoms with Crippen LogP contribution in [0.4, 0.5) is 0 Å². The van der Waals surface area contributed by atoms with E-state index in [0.29, 0.717) is 5.69 Å². The maximum atomic E-state index is 11.6. The largest absolute Gasteiger partial charge is 0.468 e. The number of esters is 1. The van der Waals surface area contributed by atoms with E-state index in [0.717, 1.165) is 3.57 Å². The Morgan fingerprint density at radius 3 is 2.80 bits per heavy atom. The third kappa shape index (κ3) is 2.91. The van der Waals surface area contributed by atoms with Crippen LogP contribution < -0.4 is 5.32 Å². The maximum absolute atomic E-state index is 11.6. The van der Waals surface area contributed by atoms with Crippen molar-refractivity contribution in [2.75, 3.05) is 13.7 Å². The highest BCUT2D eigenvalue weighted by Gasteiger charge is 2.15. The molecule has 82 valence electrons. The van der Waals surface area contributed by atoms with Crippen LogP contribution in [0.15, 0.2) is 6.20 Å². The SMILES string of the molecule is COC(=O)CNC(=O)c1c(I)cnn1C. The average molecular weight is 323 g/mol. The first-order valence-electron chi connectivity index (χ1n) is 4.08. The summed E-state index contributed by atoms with van der Waals surface area (Å²) in [6.07, 6.45) is 1.58. The molecule has 0 fully saturated rings. The molecule has 1 amide bonds. The standard InChI is InChI=1S/C8H10IN3O3/c1-12-7(5(9)3-11-12)8(14)10-4-6(13)15-2/h3H,4H2,1-2H3,(H,10,14). The van der Waals surface area contributed by atoms with Gasteiger partial charge in [-0.2, -0.15) is 5.10 Å². The third-order valence-electron chi connectivity index (χ3n) is 1.73. The zero-order valence-electron chi connectivity index (χ0n) is 8.28. The minimum absolute atomic E-state index is 0.142. The smallest absolute Gasteiger partial charge is 0.325 e. The van der Waals surface area contributed by atoms with Gasteiger partial charge in [0.25, 0.3) is 5.91 Å². The Balaban J connectivity index is 2.66. The molecular weight excluding hydrogens is 313 g/mol. The second-order valence-electron chi connectivity index (χ2n) is 2.72. The molecule has 0 aromatic carbocycles. The van der Waals surface area contributed by atoms with Crippen LogP contribution in [0.5, 0.6) is 0 Å². The van der Waals surface area contributed by atoms with Crippen molar-refractivity contribution in [3.05, 3.63) is 15.5 Å². The number of aryl methyl sites for hydroxylation is 1. The molecular formula is C8H10IN3O3.